The van der Waals surface area contributed by atoms with E-state index in [2.05, 4.69) is 76.3 Å². The number of hydrogen-bond acceptors (Lipinski definition) is 8. The quantitative estimate of drug-likeness (QED) is 0.323. The maximum atomic E-state index is 13.0. The van der Waals surface area contributed by atoms with Crippen LogP contribution in [-0.4, -0.2) is 104 Å². The van der Waals surface area contributed by atoms with Crippen LogP contribution in [0.25, 0.3) is 0 Å². The Morgan fingerprint density at radius 1 is 1.06 bits per heavy atom. The number of nitrogens with zero attached hydrogens (tertiary/aromatic N) is 5. The number of nitriles is 1. The van der Waals surface area contributed by atoms with Crippen molar-refractivity contribution in [3.63, 3.8) is 0 Å². The molecule has 9 nitrogen and oxygen atoms in total. The third kappa shape index (κ3) is 6.44. The topological polar surface area (TPSA) is 87.1 Å². The van der Waals surface area contributed by atoms with Crippen LogP contribution >= 0.6 is 0 Å². The standard InChI is InChI=1S/C39H59N7O2/c1-4-36(47)46-23-22-45(26-31(46)18-20-40)39(30-13-7-5-6-8-14-30)33-17-19-38(24-29-12-9-10-16-35(29)44(3)28-38)25-34(33)41-37(42-39)48-27-32-15-11-21-43(32)2/h4,9-10,12,16,30-34,37,41-42H,1,5-8,11,13-15,17-19,21-28H2,2-3H3/t31-,32-,33?,34?,37?,38-,39?/m0/s1. The van der Waals surface area contributed by atoms with Crippen LogP contribution in [-0.2, 0) is 16.0 Å². The van der Waals surface area contributed by atoms with Crippen molar-refractivity contribution in [1.82, 2.24) is 25.3 Å². The van der Waals surface area contributed by atoms with E-state index >= 15 is 0 Å². The fourth-order valence-electron chi connectivity index (χ4n) is 11.1. The van der Waals surface area contributed by atoms with Gasteiger partial charge in [0.15, 0.2) is 6.35 Å². The number of benzene rings is 1. The van der Waals surface area contributed by atoms with Crippen LogP contribution in [0.4, 0.5) is 5.69 Å². The molecule has 3 saturated heterocycles. The summed E-state index contributed by atoms with van der Waals surface area (Å²) in [5, 5.41) is 18.3. The first-order valence-corrected chi connectivity index (χ1v) is 19.1. The number of carbonyl (C=O) groups is 1. The first-order chi connectivity index (χ1) is 23.4. The molecule has 5 fully saturated rings. The monoisotopic (exact) mass is 657 g/mol. The Hall–Kier alpha value is -2.48. The third-order valence-electron chi connectivity index (χ3n) is 13.4. The summed E-state index contributed by atoms with van der Waals surface area (Å²) in [6, 6.07) is 12.0. The highest BCUT2D eigenvalue weighted by Gasteiger charge is 2.60. The molecule has 7 rings (SSSR count). The Bertz CT molecular complexity index is 1340. The lowest BCUT2D eigenvalue weighted by molar-refractivity contribution is -0.186. The zero-order valence-corrected chi connectivity index (χ0v) is 29.5. The molecule has 0 radical (unpaired) electrons. The van der Waals surface area contributed by atoms with Crippen molar-refractivity contribution in [1.29, 1.82) is 5.26 Å². The number of ether oxygens (including phenoxy) is 1. The maximum Gasteiger partial charge on any atom is 0.246 e. The Labute approximate surface area is 289 Å². The molecule has 262 valence electrons. The molecule has 7 atom stereocenters. The minimum atomic E-state index is -0.260. The number of hydrogen-bond donors (Lipinski definition) is 2. The van der Waals surface area contributed by atoms with Gasteiger partial charge in [0.25, 0.3) is 0 Å². The maximum absolute atomic E-state index is 13.0. The number of anilines is 1. The van der Waals surface area contributed by atoms with Gasteiger partial charge in [-0.1, -0.05) is 50.5 Å². The van der Waals surface area contributed by atoms with Crippen LogP contribution in [0.15, 0.2) is 36.9 Å². The van der Waals surface area contributed by atoms with Crippen LogP contribution in [0.2, 0.25) is 0 Å². The number of nitrogens with one attached hydrogen (secondary N) is 2. The van der Waals surface area contributed by atoms with E-state index < -0.39 is 0 Å². The van der Waals surface area contributed by atoms with Gasteiger partial charge >= 0.3 is 0 Å². The molecule has 1 amide bonds. The Balaban J connectivity index is 1.25. The molecule has 1 aromatic rings. The lowest BCUT2D eigenvalue weighted by Crippen LogP contribution is -2.81. The van der Waals surface area contributed by atoms with Crippen molar-refractivity contribution in [3.05, 3.63) is 42.5 Å². The number of fused-ring (bicyclic) bond motifs is 2. The molecule has 2 N–H and O–H groups in total. The molecular weight excluding hydrogens is 598 g/mol. The van der Waals surface area contributed by atoms with Gasteiger partial charge in [0.1, 0.15) is 0 Å². The van der Waals surface area contributed by atoms with E-state index in [1.165, 1.54) is 75.1 Å². The second-order valence-electron chi connectivity index (χ2n) is 16.1. The van der Waals surface area contributed by atoms with Crippen molar-refractivity contribution in [3.8, 4) is 6.07 Å². The zero-order chi connectivity index (χ0) is 33.3. The largest absolute Gasteiger partial charge is 0.374 e. The number of para-hydroxylation sites is 1. The number of piperazine rings is 1. The number of amides is 1. The van der Waals surface area contributed by atoms with Crippen molar-refractivity contribution in [2.45, 2.75) is 114 Å². The van der Waals surface area contributed by atoms with Crippen molar-refractivity contribution < 1.29 is 9.53 Å². The predicted octanol–water partition coefficient (Wildman–Crippen LogP) is 4.70. The van der Waals surface area contributed by atoms with E-state index in [0.29, 0.717) is 43.4 Å². The van der Waals surface area contributed by atoms with E-state index in [1.54, 1.807) is 0 Å². The predicted molar refractivity (Wildman–Crippen MR) is 190 cm³/mol. The molecule has 48 heavy (non-hydrogen) atoms. The summed E-state index contributed by atoms with van der Waals surface area (Å²) < 4.78 is 6.93. The van der Waals surface area contributed by atoms with Gasteiger partial charge in [-0.25, -0.2) is 0 Å². The van der Waals surface area contributed by atoms with Gasteiger partial charge < -0.3 is 19.4 Å². The minimum absolute atomic E-state index is 0.0576. The van der Waals surface area contributed by atoms with Gasteiger partial charge in [-0.3, -0.25) is 20.3 Å². The number of likely N-dealkylation sites (tertiary alicyclic amines) is 1. The summed E-state index contributed by atoms with van der Waals surface area (Å²) in [7, 11) is 4.51. The first-order valence-electron chi connectivity index (χ1n) is 19.1. The Kier molecular flexibility index (Phi) is 10.2. The molecule has 9 heteroatoms. The molecule has 2 aliphatic carbocycles. The summed E-state index contributed by atoms with van der Waals surface area (Å²) in [5.74, 6) is 0.841. The first kappa shape index (κ1) is 34.0. The highest BCUT2D eigenvalue weighted by atomic mass is 16.5. The fourth-order valence-corrected chi connectivity index (χ4v) is 11.1. The van der Waals surface area contributed by atoms with Gasteiger partial charge in [0.2, 0.25) is 5.91 Å². The molecular formula is C39H59N7O2. The summed E-state index contributed by atoms with van der Waals surface area (Å²) >= 11 is 0. The van der Waals surface area contributed by atoms with Crippen molar-refractivity contribution in [2.75, 3.05) is 58.3 Å². The summed E-state index contributed by atoms with van der Waals surface area (Å²) in [4.78, 5) is 22.6. The fraction of sp³-hybridized carbons (Fsp3) is 0.744. The second kappa shape index (κ2) is 14.4. The highest BCUT2D eigenvalue weighted by Crippen LogP contribution is 2.53. The van der Waals surface area contributed by atoms with Crippen LogP contribution in [0.5, 0.6) is 0 Å². The molecule has 6 aliphatic rings. The van der Waals surface area contributed by atoms with Gasteiger partial charge in [0.05, 0.1) is 30.8 Å². The SMILES string of the molecule is C=CC(=O)N1CCN(C2(C3CCCCCC3)NC(OC[C@@H]3CCCN3C)NC3C[C@]4(CCC32)Cc2ccccc2N(C)C4)C[C@@H]1CC#N. The molecule has 4 unspecified atom stereocenters. The summed E-state index contributed by atoms with van der Waals surface area (Å²) in [6.45, 7) is 8.87. The van der Waals surface area contributed by atoms with Crippen molar-refractivity contribution in [2.24, 2.45) is 17.3 Å². The van der Waals surface area contributed by atoms with Crippen LogP contribution in [0, 0.1) is 28.6 Å². The highest BCUT2D eigenvalue weighted by molar-refractivity contribution is 5.87. The Morgan fingerprint density at radius 3 is 2.62 bits per heavy atom. The zero-order valence-electron chi connectivity index (χ0n) is 29.5. The molecule has 4 aliphatic heterocycles. The van der Waals surface area contributed by atoms with Crippen LogP contribution < -0.4 is 15.5 Å². The molecule has 0 bridgehead atoms. The molecule has 2 saturated carbocycles. The summed E-state index contributed by atoms with van der Waals surface area (Å²) in [6.07, 6.45) is 16.1. The lowest BCUT2D eigenvalue weighted by Gasteiger charge is -2.65. The Morgan fingerprint density at radius 2 is 1.88 bits per heavy atom. The van der Waals surface area contributed by atoms with E-state index in [-0.39, 0.29) is 29.4 Å². The number of rotatable bonds is 7. The van der Waals surface area contributed by atoms with E-state index in [1.807, 2.05) is 4.90 Å². The van der Waals surface area contributed by atoms with Crippen LogP contribution in [0.1, 0.15) is 82.6 Å². The minimum Gasteiger partial charge on any atom is -0.374 e. The lowest BCUT2D eigenvalue weighted by atomic mass is 9.58. The van der Waals surface area contributed by atoms with E-state index in [0.717, 1.165) is 45.5 Å². The number of carbonyl (C=O) groups excluding carboxylic acids is 1. The second-order valence-corrected chi connectivity index (χ2v) is 16.1. The smallest absolute Gasteiger partial charge is 0.246 e. The van der Waals surface area contributed by atoms with E-state index in [9.17, 15) is 10.1 Å². The normalized spacial score (nSPS) is 36.6. The molecule has 0 aromatic heterocycles. The van der Waals surface area contributed by atoms with Crippen molar-refractivity contribution >= 4 is 11.6 Å². The third-order valence-corrected chi connectivity index (χ3v) is 13.4. The molecule has 4 heterocycles. The number of likely N-dealkylation sites (N-methyl/N-ethyl adjacent to an activating group) is 1. The van der Waals surface area contributed by atoms with Gasteiger partial charge in [-0.05, 0) is 94.0 Å². The van der Waals surface area contributed by atoms with Gasteiger partial charge in [-0.2, -0.15) is 5.26 Å². The van der Waals surface area contributed by atoms with E-state index in [4.69, 9.17) is 4.74 Å². The van der Waals surface area contributed by atoms with Gasteiger partial charge in [-0.15, -0.1) is 0 Å². The molecule has 1 aromatic carbocycles. The van der Waals surface area contributed by atoms with Crippen LogP contribution in [0.3, 0.4) is 0 Å². The van der Waals surface area contributed by atoms with Gasteiger partial charge in [0, 0.05) is 56.9 Å². The average Bonchev–Trinajstić information content (AvgIpc) is 3.31. The molecule has 1 spiro atoms. The average molecular weight is 658 g/mol. The summed E-state index contributed by atoms with van der Waals surface area (Å²) in [5.41, 5.74) is 2.82.